The first-order valence-corrected chi connectivity index (χ1v) is 6.61. The van der Waals surface area contributed by atoms with Crippen LogP contribution in [0.1, 0.15) is 15.9 Å². The molecule has 0 atom stereocenters. The summed E-state index contributed by atoms with van der Waals surface area (Å²) in [5, 5.41) is 4.07. The van der Waals surface area contributed by atoms with E-state index < -0.39 is 5.91 Å². The predicted octanol–water partition coefficient (Wildman–Crippen LogP) is 3.65. The van der Waals surface area contributed by atoms with Gasteiger partial charge >= 0.3 is 0 Å². The van der Waals surface area contributed by atoms with Gasteiger partial charge in [0.25, 0.3) is 5.91 Å². The Bertz CT molecular complexity index is 659. The van der Waals surface area contributed by atoms with Crippen molar-refractivity contribution in [1.29, 1.82) is 0 Å². The monoisotopic (exact) mass is 309 g/mol. The summed E-state index contributed by atoms with van der Waals surface area (Å²) in [6.45, 7) is 1.88. The first-order chi connectivity index (χ1) is 9.54. The summed E-state index contributed by atoms with van der Waals surface area (Å²) in [5.41, 5.74) is 4.53. The number of carbonyl (C=O) groups excluding carboxylic acids is 1. The number of nitrogens with two attached hydrogens (primary N) is 1. The molecule has 0 saturated heterocycles. The van der Waals surface area contributed by atoms with E-state index in [1.807, 2.05) is 13.0 Å². The van der Waals surface area contributed by atoms with Crippen LogP contribution in [0.3, 0.4) is 0 Å². The Morgan fingerprint density at radius 2 is 1.85 bits per heavy atom. The fraction of sp³-hybridized carbons (Fsp3) is 0.0714. The van der Waals surface area contributed by atoms with Crippen LogP contribution >= 0.6 is 23.2 Å². The Morgan fingerprint density at radius 3 is 2.55 bits per heavy atom. The van der Waals surface area contributed by atoms with Crippen molar-refractivity contribution in [2.75, 3.05) is 5.32 Å². The third kappa shape index (κ3) is 2.88. The van der Waals surface area contributed by atoms with Gasteiger partial charge in [0, 0.05) is 0 Å². The van der Waals surface area contributed by atoms with E-state index >= 15 is 0 Å². The summed E-state index contributed by atoms with van der Waals surface area (Å²) >= 11 is 12.4. The molecule has 6 heteroatoms. The second kappa shape index (κ2) is 6.13. The second-order valence-corrected chi connectivity index (χ2v) is 4.98. The van der Waals surface area contributed by atoms with Gasteiger partial charge in [-0.3, -0.25) is 10.2 Å². The van der Waals surface area contributed by atoms with Gasteiger partial charge in [0.05, 0.1) is 27.0 Å². The highest BCUT2D eigenvalue weighted by Gasteiger charge is 2.13. The lowest BCUT2D eigenvalue weighted by Crippen LogP contribution is -2.30. The lowest BCUT2D eigenvalue weighted by Gasteiger charge is -2.14. The molecule has 2 rings (SSSR count). The maximum Gasteiger partial charge on any atom is 0.267 e. The van der Waals surface area contributed by atoms with E-state index in [-0.39, 0.29) is 0 Å². The number of halogens is 2. The molecule has 0 heterocycles. The number of rotatable bonds is 3. The standard InChI is InChI=1S/C14H13Cl2N3O/c1-8-6-7-10(15)13(12(8)16)18-11-5-3-2-4-9(11)14(20)19-17/h2-7,18H,17H2,1H3,(H,19,20). The van der Waals surface area contributed by atoms with Crippen LogP contribution in [0, 0.1) is 6.92 Å². The van der Waals surface area contributed by atoms with Crippen molar-refractivity contribution >= 4 is 40.5 Å². The van der Waals surface area contributed by atoms with E-state index in [2.05, 4.69) is 10.7 Å². The zero-order valence-electron chi connectivity index (χ0n) is 10.7. The van der Waals surface area contributed by atoms with Gasteiger partial charge in [-0.15, -0.1) is 0 Å². The second-order valence-electron chi connectivity index (χ2n) is 4.20. The molecule has 4 N–H and O–H groups in total. The summed E-state index contributed by atoms with van der Waals surface area (Å²) < 4.78 is 0. The molecule has 0 fully saturated rings. The zero-order chi connectivity index (χ0) is 14.7. The summed E-state index contributed by atoms with van der Waals surface area (Å²) in [6, 6.07) is 10.5. The summed E-state index contributed by atoms with van der Waals surface area (Å²) in [4.78, 5) is 11.7. The number of benzene rings is 2. The van der Waals surface area contributed by atoms with E-state index in [0.29, 0.717) is 27.0 Å². The van der Waals surface area contributed by atoms with Gasteiger partial charge in [-0.25, -0.2) is 5.84 Å². The summed E-state index contributed by atoms with van der Waals surface area (Å²) in [5.74, 6) is 4.78. The fourth-order valence-electron chi connectivity index (χ4n) is 1.77. The molecule has 0 radical (unpaired) electrons. The smallest absolute Gasteiger partial charge is 0.267 e. The first kappa shape index (κ1) is 14.7. The molecular formula is C14H13Cl2N3O. The number of para-hydroxylation sites is 1. The Balaban J connectivity index is 2.46. The number of hydrogen-bond donors (Lipinski definition) is 3. The van der Waals surface area contributed by atoms with E-state index in [0.717, 1.165) is 5.56 Å². The highest BCUT2D eigenvalue weighted by atomic mass is 35.5. The molecule has 1 amide bonds. The van der Waals surface area contributed by atoms with Gasteiger partial charge in [0.15, 0.2) is 0 Å². The number of nitrogen functional groups attached to an aromatic ring is 1. The van der Waals surface area contributed by atoms with Crippen molar-refractivity contribution in [3.05, 3.63) is 57.6 Å². The van der Waals surface area contributed by atoms with Crippen LogP contribution in [0.5, 0.6) is 0 Å². The largest absolute Gasteiger partial charge is 0.352 e. The van der Waals surface area contributed by atoms with E-state index in [9.17, 15) is 4.79 Å². The average molecular weight is 310 g/mol. The molecule has 0 aromatic heterocycles. The lowest BCUT2D eigenvalue weighted by molar-refractivity contribution is 0.0954. The number of hydrazine groups is 1. The number of anilines is 2. The van der Waals surface area contributed by atoms with Gasteiger partial charge in [-0.05, 0) is 30.7 Å². The van der Waals surface area contributed by atoms with Crippen molar-refractivity contribution in [1.82, 2.24) is 5.43 Å². The summed E-state index contributed by atoms with van der Waals surface area (Å²) in [7, 11) is 0. The predicted molar refractivity (Wildman–Crippen MR) is 82.6 cm³/mol. The van der Waals surface area contributed by atoms with Gasteiger partial charge in [-0.1, -0.05) is 41.4 Å². The third-order valence-electron chi connectivity index (χ3n) is 2.85. The minimum atomic E-state index is -0.395. The van der Waals surface area contributed by atoms with E-state index in [1.165, 1.54) is 0 Å². The minimum Gasteiger partial charge on any atom is -0.352 e. The van der Waals surface area contributed by atoms with Crippen LogP contribution in [0.4, 0.5) is 11.4 Å². The van der Waals surface area contributed by atoms with Gasteiger partial charge in [0.1, 0.15) is 0 Å². The molecule has 0 saturated carbocycles. The SMILES string of the molecule is Cc1ccc(Cl)c(Nc2ccccc2C(=O)NN)c1Cl. The molecule has 4 nitrogen and oxygen atoms in total. The molecule has 0 aliphatic rings. The highest BCUT2D eigenvalue weighted by molar-refractivity contribution is 6.39. The number of aryl methyl sites for hydroxylation is 1. The quantitative estimate of drug-likeness (QED) is 0.460. The van der Waals surface area contributed by atoms with Crippen LogP contribution < -0.4 is 16.6 Å². The van der Waals surface area contributed by atoms with Crippen LogP contribution in [-0.4, -0.2) is 5.91 Å². The van der Waals surface area contributed by atoms with Crippen LogP contribution in [0.2, 0.25) is 10.0 Å². The van der Waals surface area contributed by atoms with Crippen molar-refractivity contribution in [3.63, 3.8) is 0 Å². The molecule has 0 aliphatic heterocycles. The normalized spacial score (nSPS) is 10.2. The van der Waals surface area contributed by atoms with Crippen molar-refractivity contribution in [2.45, 2.75) is 6.92 Å². The fourth-order valence-corrected chi connectivity index (χ4v) is 2.24. The Morgan fingerprint density at radius 1 is 1.15 bits per heavy atom. The molecule has 104 valence electrons. The van der Waals surface area contributed by atoms with Crippen molar-refractivity contribution in [3.8, 4) is 0 Å². The topological polar surface area (TPSA) is 67.2 Å². The minimum absolute atomic E-state index is 0.395. The third-order valence-corrected chi connectivity index (χ3v) is 3.65. The molecule has 0 aliphatic carbocycles. The van der Waals surface area contributed by atoms with Crippen molar-refractivity contribution < 1.29 is 4.79 Å². The molecule has 0 bridgehead atoms. The van der Waals surface area contributed by atoms with Gasteiger partial charge < -0.3 is 5.32 Å². The molecule has 2 aromatic rings. The van der Waals surface area contributed by atoms with Crippen LogP contribution in [0.25, 0.3) is 0 Å². The lowest BCUT2D eigenvalue weighted by atomic mass is 10.1. The summed E-state index contributed by atoms with van der Waals surface area (Å²) in [6.07, 6.45) is 0. The molecular weight excluding hydrogens is 297 g/mol. The van der Waals surface area contributed by atoms with Gasteiger partial charge in [0.2, 0.25) is 0 Å². The van der Waals surface area contributed by atoms with Gasteiger partial charge in [-0.2, -0.15) is 0 Å². The van der Waals surface area contributed by atoms with Crippen LogP contribution in [-0.2, 0) is 0 Å². The number of amides is 1. The van der Waals surface area contributed by atoms with Crippen LogP contribution in [0.15, 0.2) is 36.4 Å². The van der Waals surface area contributed by atoms with E-state index in [1.54, 1.807) is 30.3 Å². The highest BCUT2D eigenvalue weighted by Crippen LogP contribution is 2.35. The Hall–Kier alpha value is -1.75. The Labute approximate surface area is 126 Å². The average Bonchev–Trinajstić information content (AvgIpc) is 2.47. The molecule has 0 unspecified atom stereocenters. The molecule has 2 aromatic carbocycles. The van der Waals surface area contributed by atoms with Crippen molar-refractivity contribution in [2.24, 2.45) is 5.84 Å². The number of carbonyl (C=O) groups is 1. The maximum absolute atomic E-state index is 11.7. The molecule has 0 spiro atoms. The number of hydrogen-bond acceptors (Lipinski definition) is 3. The Kier molecular flexibility index (Phi) is 4.49. The first-order valence-electron chi connectivity index (χ1n) is 5.86. The molecule has 20 heavy (non-hydrogen) atoms. The maximum atomic E-state index is 11.7. The zero-order valence-corrected chi connectivity index (χ0v) is 12.2. The van der Waals surface area contributed by atoms with E-state index in [4.69, 9.17) is 29.0 Å². The number of nitrogens with one attached hydrogen (secondary N) is 2.